The van der Waals surface area contributed by atoms with E-state index in [-0.39, 0.29) is 5.56 Å². The molecule has 1 fully saturated rings. The third-order valence-electron chi connectivity index (χ3n) is 4.56. The molecular weight excluding hydrogens is 334 g/mol. The van der Waals surface area contributed by atoms with Crippen molar-refractivity contribution in [3.8, 4) is 17.1 Å². The van der Waals surface area contributed by atoms with Crippen molar-refractivity contribution >= 4 is 11.9 Å². The molecule has 0 bridgehead atoms. The van der Waals surface area contributed by atoms with E-state index in [0.29, 0.717) is 35.7 Å². The number of nitrogens with two attached hydrogens (primary N) is 1. The lowest BCUT2D eigenvalue weighted by Gasteiger charge is -2.13. The van der Waals surface area contributed by atoms with Gasteiger partial charge in [0.1, 0.15) is 11.2 Å². The lowest BCUT2D eigenvalue weighted by molar-refractivity contribution is -0.120. The molecule has 0 spiro atoms. The van der Waals surface area contributed by atoms with E-state index in [2.05, 4.69) is 15.1 Å². The summed E-state index contributed by atoms with van der Waals surface area (Å²) >= 11 is 0. The lowest BCUT2D eigenvalue weighted by atomic mass is 10.1. The Hall–Kier alpha value is -3.55. The molecule has 3 aromatic rings. The maximum absolute atomic E-state index is 12.0. The van der Waals surface area contributed by atoms with Crippen LogP contribution in [0.15, 0.2) is 48.8 Å². The summed E-state index contributed by atoms with van der Waals surface area (Å²) in [6, 6.07) is 9.96. The zero-order chi connectivity index (χ0) is 18.3. The van der Waals surface area contributed by atoms with Crippen molar-refractivity contribution in [3.05, 3.63) is 60.2 Å². The van der Waals surface area contributed by atoms with Gasteiger partial charge in [0.2, 0.25) is 5.91 Å². The highest BCUT2D eigenvalue weighted by Gasteiger charge is 2.54. The summed E-state index contributed by atoms with van der Waals surface area (Å²) < 4.78 is 1.43. The van der Waals surface area contributed by atoms with Gasteiger partial charge >= 0.3 is 5.97 Å². The molecule has 1 aliphatic carbocycles. The van der Waals surface area contributed by atoms with Crippen LogP contribution in [0.2, 0.25) is 0 Å². The van der Waals surface area contributed by atoms with Gasteiger partial charge < -0.3 is 10.8 Å². The van der Waals surface area contributed by atoms with E-state index >= 15 is 0 Å². The van der Waals surface area contributed by atoms with Gasteiger partial charge in [0.05, 0.1) is 11.3 Å². The third-order valence-corrected chi connectivity index (χ3v) is 4.56. The Morgan fingerprint density at radius 1 is 1.12 bits per heavy atom. The molecular formula is C18H15N5O3. The predicted molar refractivity (Wildman–Crippen MR) is 91.7 cm³/mol. The Labute approximate surface area is 148 Å². The number of aromatic carboxylic acids is 1. The molecule has 8 heteroatoms. The van der Waals surface area contributed by atoms with Crippen LogP contribution in [-0.4, -0.2) is 36.7 Å². The summed E-state index contributed by atoms with van der Waals surface area (Å²) in [4.78, 5) is 32.2. The van der Waals surface area contributed by atoms with E-state index in [9.17, 15) is 14.7 Å². The van der Waals surface area contributed by atoms with Gasteiger partial charge in [-0.15, -0.1) is 5.10 Å². The van der Waals surface area contributed by atoms with Gasteiger partial charge in [-0.2, -0.15) is 0 Å². The van der Waals surface area contributed by atoms with Crippen LogP contribution in [0.3, 0.4) is 0 Å². The molecule has 0 saturated heterocycles. The minimum absolute atomic E-state index is 0.0696. The fraction of sp³-hybridized carbons (Fsp3) is 0.167. The molecule has 1 aliphatic rings. The molecule has 1 amide bonds. The highest BCUT2D eigenvalue weighted by atomic mass is 16.4. The number of amides is 1. The van der Waals surface area contributed by atoms with Gasteiger partial charge in [-0.1, -0.05) is 12.1 Å². The Morgan fingerprint density at radius 2 is 1.81 bits per heavy atom. The number of benzene rings is 1. The van der Waals surface area contributed by atoms with Crippen LogP contribution >= 0.6 is 0 Å². The average Bonchev–Trinajstić information content (AvgIpc) is 3.35. The molecule has 0 unspecified atom stereocenters. The van der Waals surface area contributed by atoms with Crippen LogP contribution < -0.4 is 5.73 Å². The van der Waals surface area contributed by atoms with Crippen molar-refractivity contribution in [3.63, 3.8) is 0 Å². The minimum atomic E-state index is -1.09. The minimum Gasteiger partial charge on any atom is -0.478 e. The highest BCUT2D eigenvalue weighted by molar-refractivity contribution is 5.92. The average molecular weight is 349 g/mol. The van der Waals surface area contributed by atoms with E-state index in [1.165, 1.54) is 10.7 Å². The van der Waals surface area contributed by atoms with Gasteiger partial charge in [-0.05, 0) is 37.1 Å². The molecule has 2 heterocycles. The quantitative estimate of drug-likeness (QED) is 0.720. The molecule has 130 valence electrons. The van der Waals surface area contributed by atoms with Gasteiger partial charge in [0, 0.05) is 18.0 Å². The molecule has 8 nitrogen and oxygen atoms in total. The van der Waals surface area contributed by atoms with Crippen LogP contribution in [0.25, 0.3) is 17.1 Å². The van der Waals surface area contributed by atoms with Gasteiger partial charge in [-0.3, -0.25) is 9.78 Å². The lowest BCUT2D eigenvalue weighted by Crippen LogP contribution is -2.31. The Morgan fingerprint density at radius 3 is 2.42 bits per heavy atom. The highest BCUT2D eigenvalue weighted by Crippen LogP contribution is 2.48. The first kappa shape index (κ1) is 15.9. The fourth-order valence-electron chi connectivity index (χ4n) is 2.96. The predicted octanol–water partition coefficient (Wildman–Crippen LogP) is 1.54. The topological polar surface area (TPSA) is 124 Å². The van der Waals surface area contributed by atoms with Crippen molar-refractivity contribution in [2.45, 2.75) is 18.3 Å². The molecule has 1 saturated carbocycles. The Bertz CT molecular complexity index is 1010. The molecule has 0 radical (unpaired) electrons. The third kappa shape index (κ3) is 2.43. The number of hydrogen-bond acceptors (Lipinski definition) is 5. The van der Waals surface area contributed by atoms with Crippen molar-refractivity contribution in [1.29, 1.82) is 0 Å². The Balaban J connectivity index is 1.96. The largest absolute Gasteiger partial charge is 0.478 e. The van der Waals surface area contributed by atoms with E-state index in [1.54, 1.807) is 42.7 Å². The van der Waals surface area contributed by atoms with Crippen molar-refractivity contribution in [2.75, 3.05) is 0 Å². The van der Waals surface area contributed by atoms with E-state index in [1.807, 2.05) is 0 Å². The van der Waals surface area contributed by atoms with Crippen molar-refractivity contribution in [1.82, 2.24) is 19.7 Å². The number of nitrogens with zero attached hydrogens (tertiary/aromatic N) is 4. The molecule has 0 atom stereocenters. The number of carbonyl (C=O) groups is 2. The van der Waals surface area contributed by atoms with E-state index in [0.717, 1.165) is 0 Å². The number of rotatable bonds is 5. The molecule has 1 aromatic carbocycles. The van der Waals surface area contributed by atoms with Crippen molar-refractivity contribution < 1.29 is 14.7 Å². The van der Waals surface area contributed by atoms with E-state index < -0.39 is 17.3 Å². The zero-order valence-corrected chi connectivity index (χ0v) is 13.7. The summed E-state index contributed by atoms with van der Waals surface area (Å²) in [5, 5.41) is 14.0. The first-order valence-electron chi connectivity index (χ1n) is 8.03. The zero-order valence-electron chi connectivity index (χ0n) is 13.7. The summed E-state index contributed by atoms with van der Waals surface area (Å²) in [7, 11) is 0. The number of para-hydroxylation sites is 1. The Kier molecular flexibility index (Phi) is 3.54. The van der Waals surface area contributed by atoms with Crippen LogP contribution in [0.1, 0.15) is 29.0 Å². The molecule has 2 aromatic heterocycles. The second kappa shape index (κ2) is 5.76. The monoisotopic (exact) mass is 349 g/mol. The van der Waals surface area contributed by atoms with Crippen LogP contribution in [-0.2, 0) is 10.2 Å². The molecule has 4 rings (SSSR count). The van der Waals surface area contributed by atoms with Crippen LogP contribution in [0.5, 0.6) is 0 Å². The van der Waals surface area contributed by atoms with Gasteiger partial charge in [0.25, 0.3) is 0 Å². The first-order chi connectivity index (χ1) is 12.5. The van der Waals surface area contributed by atoms with E-state index in [4.69, 9.17) is 5.73 Å². The first-order valence-corrected chi connectivity index (χ1v) is 8.03. The number of pyridine rings is 1. The van der Waals surface area contributed by atoms with Crippen LogP contribution in [0, 0.1) is 0 Å². The number of carboxylic acid groups (broad SMARTS) is 1. The summed E-state index contributed by atoms with van der Waals surface area (Å²) in [5.41, 5.74) is 5.83. The maximum Gasteiger partial charge on any atom is 0.337 e. The number of hydrogen-bond donors (Lipinski definition) is 2. The number of aromatic nitrogens is 4. The van der Waals surface area contributed by atoms with Crippen molar-refractivity contribution in [2.24, 2.45) is 5.73 Å². The maximum atomic E-state index is 12.0. The smallest absolute Gasteiger partial charge is 0.337 e. The van der Waals surface area contributed by atoms with Gasteiger partial charge in [0.15, 0.2) is 5.82 Å². The number of carboxylic acids is 1. The summed E-state index contributed by atoms with van der Waals surface area (Å²) in [5.74, 6) is -0.822. The SMILES string of the molecule is NC(=O)C1(c2nc(-c3ccncc3)nn2-c2ccccc2C(=O)O)CC1. The second-order valence-electron chi connectivity index (χ2n) is 6.18. The fourth-order valence-corrected chi connectivity index (χ4v) is 2.96. The number of primary amides is 1. The standard InChI is InChI=1S/C18H15N5O3/c19-16(26)18(7-8-18)17-21-14(11-5-9-20-10-6-11)22-23(17)13-4-2-1-3-12(13)15(24)25/h1-6,9-10H,7-8H2,(H2,19,26)(H,24,25). The molecule has 3 N–H and O–H groups in total. The second-order valence-corrected chi connectivity index (χ2v) is 6.18. The molecule has 0 aliphatic heterocycles. The summed E-state index contributed by atoms with van der Waals surface area (Å²) in [6.07, 6.45) is 4.35. The molecule has 26 heavy (non-hydrogen) atoms. The summed E-state index contributed by atoms with van der Waals surface area (Å²) in [6.45, 7) is 0. The van der Waals surface area contributed by atoms with Crippen LogP contribution in [0.4, 0.5) is 0 Å². The number of carbonyl (C=O) groups excluding carboxylic acids is 1. The normalized spacial score (nSPS) is 14.8. The van der Waals surface area contributed by atoms with Gasteiger partial charge in [-0.25, -0.2) is 14.5 Å².